The summed E-state index contributed by atoms with van der Waals surface area (Å²) < 4.78 is 31.5. The van der Waals surface area contributed by atoms with Crippen LogP contribution in [0.1, 0.15) is 16.7 Å². The SMILES string of the molecule is CS(=O)CC1CN(c2ccc(C(=N)c3cc(OCc4c(Cl)cncc4Cl)c(F)cc3N)cn2)C1. The van der Waals surface area contributed by atoms with Gasteiger partial charge in [0.2, 0.25) is 0 Å². The highest BCUT2D eigenvalue weighted by Gasteiger charge is 2.28. The molecule has 178 valence electrons. The Balaban J connectivity index is 1.48. The third-order valence-corrected chi connectivity index (χ3v) is 7.08. The third kappa shape index (κ3) is 5.32. The van der Waals surface area contributed by atoms with Crippen LogP contribution in [-0.2, 0) is 17.4 Å². The van der Waals surface area contributed by atoms with Gasteiger partial charge in [-0.05, 0) is 18.2 Å². The Morgan fingerprint density at radius 3 is 2.59 bits per heavy atom. The molecule has 0 saturated carbocycles. The smallest absolute Gasteiger partial charge is 0.167 e. The minimum absolute atomic E-state index is 0.0769. The Morgan fingerprint density at radius 2 is 1.97 bits per heavy atom. The number of aromatic nitrogens is 2. The molecule has 11 heteroatoms. The monoisotopic (exact) mass is 521 g/mol. The predicted molar refractivity (Wildman–Crippen MR) is 134 cm³/mol. The van der Waals surface area contributed by atoms with Gasteiger partial charge in [0.25, 0.3) is 0 Å². The zero-order chi connectivity index (χ0) is 24.4. The van der Waals surface area contributed by atoms with Gasteiger partial charge in [0.1, 0.15) is 12.4 Å². The second kappa shape index (κ2) is 10.2. The molecular formula is C23H22Cl2FN5O2S. The van der Waals surface area contributed by atoms with E-state index in [4.69, 9.17) is 39.1 Å². The molecule has 0 radical (unpaired) electrons. The molecule has 0 bridgehead atoms. The molecule has 2 aromatic heterocycles. The normalized spacial score (nSPS) is 14.5. The standard InChI is InChI=1S/C23H22Cl2FN5O2S/c1-34(32)12-13-9-31(10-13)22-3-2-14(6-30-22)23(28)15-4-21(19(26)5-20(15)27)33-11-16-17(24)7-29-8-18(16)25/h2-8,13,28H,9-12,27H2,1H3. The average molecular weight is 522 g/mol. The number of ether oxygens (including phenoxy) is 1. The van der Waals surface area contributed by atoms with Crippen LogP contribution < -0.4 is 15.4 Å². The van der Waals surface area contributed by atoms with Crippen LogP contribution in [0.15, 0.2) is 42.9 Å². The molecule has 34 heavy (non-hydrogen) atoms. The van der Waals surface area contributed by atoms with Crippen LogP contribution in [0.25, 0.3) is 0 Å². The minimum Gasteiger partial charge on any atom is -0.486 e. The second-order valence-electron chi connectivity index (χ2n) is 8.03. The lowest BCUT2D eigenvalue weighted by Gasteiger charge is -2.39. The van der Waals surface area contributed by atoms with E-state index in [0.717, 1.165) is 25.0 Å². The zero-order valence-corrected chi connectivity index (χ0v) is 20.6. The molecule has 3 heterocycles. The van der Waals surface area contributed by atoms with E-state index >= 15 is 0 Å². The summed E-state index contributed by atoms with van der Waals surface area (Å²) >= 11 is 12.2. The maximum absolute atomic E-state index is 14.5. The van der Waals surface area contributed by atoms with Crippen molar-refractivity contribution in [3.63, 3.8) is 0 Å². The van der Waals surface area contributed by atoms with Gasteiger partial charge in [-0.1, -0.05) is 23.2 Å². The Bertz CT molecular complexity index is 1230. The van der Waals surface area contributed by atoms with Crippen molar-refractivity contribution in [2.45, 2.75) is 6.61 Å². The summed E-state index contributed by atoms with van der Waals surface area (Å²) in [5, 5.41) is 9.20. The molecule has 0 amide bonds. The Hall–Kier alpha value is -2.75. The molecule has 3 N–H and O–H groups in total. The summed E-state index contributed by atoms with van der Waals surface area (Å²) in [5.41, 5.74) is 7.52. The van der Waals surface area contributed by atoms with Gasteiger partial charge in [0.15, 0.2) is 11.6 Å². The molecule has 1 aliphatic rings. The van der Waals surface area contributed by atoms with Gasteiger partial charge < -0.3 is 15.4 Å². The molecule has 1 aromatic carbocycles. The van der Waals surface area contributed by atoms with Crippen molar-refractivity contribution in [3.8, 4) is 5.75 Å². The van der Waals surface area contributed by atoms with Gasteiger partial charge in [-0.25, -0.2) is 9.37 Å². The summed E-state index contributed by atoms with van der Waals surface area (Å²) in [6.07, 6.45) is 6.15. The highest BCUT2D eigenvalue weighted by molar-refractivity contribution is 7.84. The number of hydrogen-bond acceptors (Lipinski definition) is 7. The number of nitrogens with zero attached hydrogens (tertiary/aromatic N) is 3. The number of nitrogens with one attached hydrogen (secondary N) is 1. The zero-order valence-electron chi connectivity index (χ0n) is 18.2. The van der Waals surface area contributed by atoms with E-state index in [1.54, 1.807) is 18.5 Å². The highest BCUT2D eigenvalue weighted by Crippen LogP contribution is 2.30. The highest BCUT2D eigenvalue weighted by atomic mass is 35.5. The maximum atomic E-state index is 14.5. The number of hydrogen-bond donors (Lipinski definition) is 2. The molecule has 1 aliphatic heterocycles. The average Bonchev–Trinajstić information content (AvgIpc) is 2.76. The van der Waals surface area contributed by atoms with E-state index in [9.17, 15) is 8.60 Å². The molecule has 0 aliphatic carbocycles. The lowest BCUT2D eigenvalue weighted by atomic mass is 10.0. The fraction of sp³-hybridized carbons (Fsp3) is 0.261. The molecular weight excluding hydrogens is 500 g/mol. The van der Waals surface area contributed by atoms with Crippen molar-refractivity contribution in [1.29, 1.82) is 5.41 Å². The first-order valence-corrected chi connectivity index (χ1v) is 12.8. The van der Waals surface area contributed by atoms with Crippen molar-refractivity contribution in [3.05, 3.63) is 75.4 Å². The molecule has 1 fully saturated rings. The van der Waals surface area contributed by atoms with Crippen LogP contribution in [-0.4, -0.2) is 45.0 Å². The van der Waals surface area contributed by atoms with E-state index in [0.29, 0.717) is 38.4 Å². The number of nitrogen functional groups attached to an aromatic ring is 1. The van der Waals surface area contributed by atoms with Crippen molar-refractivity contribution in [1.82, 2.24) is 9.97 Å². The number of nitrogens with two attached hydrogens (primary N) is 1. The molecule has 7 nitrogen and oxygen atoms in total. The van der Waals surface area contributed by atoms with E-state index in [-0.39, 0.29) is 23.8 Å². The molecule has 3 aromatic rings. The second-order valence-corrected chi connectivity index (χ2v) is 10.3. The largest absolute Gasteiger partial charge is 0.486 e. The molecule has 1 unspecified atom stereocenters. The first-order chi connectivity index (χ1) is 16.2. The van der Waals surface area contributed by atoms with Gasteiger partial charge in [-0.15, -0.1) is 0 Å². The van der Waals surface area contributed by atoms with Crippen LogP contribution in [0.5, 0.6) is 5.75 Å². The van der Waals surface area contributed by atoms with Gasteiger partial charge in [-0.2, -0.15) is 0 Å². The lowest BCUT2D eigenvalue weighted by Crippen LogP contribution is -2.49. The molecule has 0 spiro atoms. The summed E-state index contributed by atoms with van der Waals surface area (Å²) in [6, 6.07) is 6.10. The van der Waals surface area contributed by atoms with Gasteiger partial charge in [0, 0.05) is 88.9 Å². The topological polar surface area (TPSA) is 105 Å². The first-order valence-electron chi connectivity index (χ1n) is 10.3. The maximum Gasteiger partial charge on any atom is 0.167 e. The summed E-state index contributed by atoms with van der Waals surface area (Å²) in [4.78, 5) is 10.4. The van der Waals surface area contributed by atoms with Crippen LogP contribution in [0.4, 0.5) is 15.9 Å². The fourth-order valence-corrected chi connectivity index (χ4v) is 5.04. The van der Waals surface area contributed by atoms with E-state index in [2.05, 4.69) is 14.9 Å². The summed E-state index contributed by atoms with van der Waals surface area (Å²) in [6.45, 7) is 1.54. The summed E-state index contributed by atoms with van der Waals surface area (Å²) in [5.74, 6) is 1.14. The number of benzene rings is 1. The Morgan fingerprint density at radius 1 is 1.26 bits per heavy atom. The van der Waals surface area contributed by atoms with Crippen LogP contribution in [0.2, 0.25) is 10.0 Å². The Kier molecular flexibility index (Phi) is 7.35. The first kappa shape index (κ1) is 24.4. The number of halogens is 3. The number of pyridine rings is 2. The number of rotatable bonds is 8. The van der Waals surface area contributed by atoms with Gasteiger partial charge in [-0.3, -0.25) is 14.6 Å². The van der Waals surface area contributed by atoms with Gasteiger partial charge in [0.05, 0.1) is 15.8 Å². The van der Waals surface area contributed by atoms with Crippen molar-refractivity contribution >= 4 is 51.2 Å². The fourth-order valence-electron chi connectivity index (χ4n) is 3.69. The minimum atomic E-state index is -0.808. The molecule has 1 saturated heterocycles. The van der Waals surface area contributed by atoms with Crippen molar-refractivity contribution in [2.75, 3.05) is 35.7 Å². The lowest BCUT2D eigenvalue weighted by molar-refractivity contribution is 0.290. The van der Waals surface area contributed by atoms with Crippen molar-refractivity contribution in [2.24, 2.45) is 5.92 Å². The van der Waals surface area contributed by atoms with Crippen molar-refractivity contribution < 1.29 is 13.3 Å². The van der Waals surface area contributed by atoms with E-state index in [1.807, 2.05) is 6.07 Å². The predicted octanol–water partition coefficient (Wildman–Crippen LogP) is 4.31. The van der Waals surface area contributed by atoms with E-state index < -0.39 is 16.6 Å². The summed E-state index contributed by atoms with van der Waals surface area (Å²) in [7, 11) is -0.808. The van der Waals surface area contributed by atoms with Crippen LogP contribution in [0.3, 0.4) is 0 Å². The molecule has 4 rings (SSSR count). The number of anilines is 2. The van der Waals surface area contributed by atoms with Crippen LogP contribution in [0, 0.1) is 17.1 Å². The Labute approximate surface area is 209 Å². The van der Waals surface area contributed by atoms with Crippen LogP contribution >= 0.6 is 23.2 Å². The van der Waals surface area contributed by atoms with E-state index in [1.165, 1.54) is 18.5 Å². The van der Waals surface area contributed by atoms with Gasteiger partial charge >= 0.3 is 0 Å². The third-order valence-electron chi connectivity index (χ3n) is 5.49. The molecule has 1 atom stereocenters. The quantitative estimate of drug-likeness (QED) is 0.338.